The van der Waals surface area contributed by atoms with Crippen LogP contribution in [0.5, 0.6) is 5.75 Å². The van der Waals surface area contributed by atoms with Gasteiger partial charge >= 0.3 is 0 Å². The molecule has 5 nitrogen and oxygen atoms in total. The number of phenolic OH excluding ortho intramolecular Hbond substituents is 1. The van der Waals surface area contributed by atoms with Crippen molar-refractivity contribution in [3.8, 4) is 16.9 Å². The lowest BCUT2D eigenvalue weighted by atomic mass is 10.0. The van der Waals surface area contributed by atoms with E-state index in [0.717, 1.165) is 13.0 Å². The van der Waals surface area contributed by atoms with Crippen molar-refractivity contribution in [1.82, 2.24) is 14.7 Å². The van der Waals surface area contributed by atoms with Crippen LogP contribution >= 0.6 is 23.2 Å². The first-order valence-corrected chi connectivity index (χ1v) is 8.71. The van der Waals surface area contributed by atoms with Crippen molar-refractivity contribution in [1.29, 1.82) is 0 Å². The van der Waals surface area contributed by atoms with Crippen molar-refractivity contribution in [3.05, 3.63) is 52.4 Å². The van der Waals surface area contributed by atoms with Gasteiger partial charge in [0.15, 0.2) is 5.78 Å². The number of pyridine rings is 1. The smallest absolute Gasteiger partial charge is 0.187 e. The van der Waals surface area contributed by atoms with E-state index in [9.17, 15) is 9.90 Å². The first-order valence-electron chi connectivity index (χ1n) is 7.95. The van der Waals surface area contributed by atoms with Gasteiger partial charge in [0.05, 0.1) is 10.0 Å². The molecule has 1 aliphatic heterocycles. The summed E-state index contributed by atoms with van der Waals surface area (Å²) in [4.78, 5) is 17.0. The van der Waals surface area contributed by atoms with Gasteiger partial charge in [-0.05, 0) is 42.8 Å². The van der Waals surface area contributed by atoms with Crippen LogP contribution in [0.25, 0.3) is 16.8 Å². The van der Waals surface area contributed by atoms with Gasteiger partial charge in [-0.1, -0.05) is 23.2 Å². The third kappa shape index (κ3) is 2.88. The molecular formula is C18H15Cl2N3O2. The Hall–Kier alpha value is -2.08. The number of Topliss-reactive ketones (excluding diaryl/α,β-unsaturated/α-hetero) is 1. The zero-order valence-electron chi connectivity index (χ0n) is 13.2. The molecule has 128 valence electrons. The Morgan fingerprint density at radius 2 is 2.16 bits per heavy atom. The number of hydrogen-bond acceptors (Lipinski definition) is 4. The molecule has 0 aliphatic carbocycles. The zero-order chi connectivity index (χ0) is 17.6. The molecule has 0 saturated carbocycles. The number of ketones is 1. The molecule has 7 heteroatoms. The quantitative estimate of drug-likeness (QED) is 0.683. The topological polar surface area (TPSA) is 66.6 Å². The molecule has 0 bridgehead atoms. The molecule has 25 heavy (non-hydrogen) atoms. The van der Waals surface area contributed by atoms with Crippen LogP contribution < -0.4 is 5.32 Å². The standard InChI is InChI=1S/C18H15Cl2N3O2/c19-12-1-2-14(24)16(17(12)20)10-4-6-23-9-13(22-15(23)7-10)18(25)11-3-5-21-8-11/h1-2,4,6-7,9,11,21,24H,3,5,8H2. The van der Waals surface area contributed by atoms with Gasteiger partial charge in [-0.2, -0.15) is 0 Å². The maximum Gasteiger partial charge on any atom is 0.187 e. The number of halogens is 2. The molecule has 3 heterocycles. The first kappa shape index (κ1) is 16.4. The minimum absolute atomic E-state index is 0.0178. The number of hydrogen-bond donors (Lipinski definition) is 2. The summed E-state index contributed by atoms with van der Waals surface area (Å²) in [5, 5.41) is 14.0. The van der Waals surface area contributed by atoms with Gasteiger partial charge in [0.2, 0.25) is 0 Å². The first-order chi connectivity index (χ1) is 12.0. The summed E-state index contributed by atoms with van der Waals surface area (Å²) in [6.07, 6.45) is 4.36. The minimum atomic E-state index is -0.0178. The van der Waals surface area contributed by atoms with Gasteiger partial charge in [0.25, 0.3) is 0 Å². The summed E-state index contributed by atoms with van der Waals surface area (Å²) in [5.41, 5.74) is 2.20. The number of aromatic nitrogens is 2. The molecule has 1 unspecified atom stereocenters. The molecule has 0 spiro atoms. The number of aromatic hydroxyl groups is 1. The number of carbonyl (C=O) groups is 1. The lowest BCUT2D eigenvalue weighted by Crippen LogP contribution is -2.18. The molecule has 1 fully saturated rings. The van der Waals surface area contributed by atoms with Crippen LogP contribution in [0, 0.1) is 5.92 Å². The highest BCUT2D eigenvalue weighted by atomic mass is 35.5. The Labute approximate surface area is 154 Å². The lowest BCUT2D eigenvalue weighted by Gasteiger charge is -2.09. The fourth-order valence-electron chi connectivity index (χ4n) is 3.16. The molecule has 2 aromatic heterocycles. The van der Waals surface area contributed by atoms with Crippen LogP contribution in [0.1, 0.15) is 16.9 Å². The normalized spacial score (nSPS) is 17.3. The van der Waals surface area contributed by atoms with E-state index >= 15 is 0 Å². The maximum absolute atomic E-state index is 12.5. The van der Waals surface area contributed by atoms with E-state index in [1.165, 1.54) is 6.07 Å². The number of imidazole rings is 1. The van der Waals surface area contributed by atoms with Gasteiger partial charge in [0.1, 0.15) is 17.1 Å². The molecule has 1 aliphatic rings. The number of nitrogens with one attached hydrogen (secondary N) is 1. The molecule has 1 atom stereocenters. The number of fused-ring (bicyclic) bond motifs is 1. The van der Waals surface area contributed by atoms with E-state index in [-0.39, 0.29) is 22.5 Å². The monoisotopic (exact) mass is 375 g/mol. The molecular weight excluding hydrogens is 361 g/mol. The van der Waals surface area contributed by atoms with Crippen LogP contribution in [0.15, 0.2) is 36.7 Å². The highest BCUT2D eigenvalue weighted by molar-refractivity contribution is 6.44. The zero-order valence-corrected chi connectivity index (χ0v) is 14.7. The Morgan fingerprint density at radius 1 is 1.32 bits per heavy atom. The van der Waals surface area contributed by atoms with Gasteiger partial charge in [-0.3, -0.25) is 4.79 Å². The number of nitrogens with zero attached hydrogens (tertiary/aromatic N) is 2. The number of benzene rings is 1. The Kier molecular flexibility index (Phi) is 4.15. The summed E-state index contributed by atoms with van der Waals surface area (Å²) < 4.78 is 1.79. The molecule has 3 aromatic rings. The molecule has 1 aromatic carbocycles. The van der Waals surface area contributed by atoms with Gasteiger partial charge in [0, 0.05) is 30.4 Å². The number of phenols is 1. The van der Waals surface area contributed by atoms with Crippen molar-refractivity contribution in [2.24, 2.45) is 5.92 Å². The summed E-state index contributed by atoms with van der Waals surface area (Å²) in [6, 6.07) is 6.63. The van der Waals surface area contributed by atoms with Crippen molar-refractivity contribution in [2.75, 3.05) is 13.1 Å². The van der Waals surface area contributed by atoms with E-state index in [4.69, 9.17) is 23.2 Å². The molecule has 0 radical (unpaired) electrons. The third-order valence-corrected chi connectivity index (χ3v) is 5.31. The maximum atomic E-state index is 12.5. The van der Waals surface area contributed by atoms with E-state index in [1.807, 2.05) is 0 Å². The fourth-order valence-corrected chi connectivity index (χ4v) is 3.59. The van der Waals surface area contributed by atoms with Crippen molar-refractivity contribution < 1.29 is 9.90 Å². The van der Waals surface area contributed by atoms with Crippen LogP contribution in [-0.4, -0.2) is 33.4 Å². The van der Waals surface area contributed by atoms with Crippen molar-refractivity contribution in [2.45, 2.75) is 6.42 Å². The second kappa shape index (κ2) is 6.33. The number of rotatable bonds is 3. The predicted octanol–water partition coefficient (Wildman–Crippen LogP) is 3.81. The van der Waals surface area contributed by atoms with E-state index < -0.39 is 0 Å². The fraction of sp³-hybridized carbons (Fsp3) is 0.222. The van der Waals surface area contributed by atoms with Crippen molar-refractivity contribution in [3.63, 3.8) is 0 Å². The summed E-state index contributed by atoms with van der Waals surface area (Å²) in [5.74, 6) is 0.0772. The van der Waals surface area contributed by atoms with Gasteiger partial charge < -0.3 is 14.8 Å². The Bertz CT molecular complexity index is 978. The number of carbonyl (C=O) groups excluding carboxylic acids is 1. The molecule has 1 saturated heterocycles. The average molecular weight is 376 g/mol. The summed E-state index contributed by atoms with van der Waals surface area (Å²) in [6.45, 7) is 1.56. The van der Waals surface area contributed by atoms with Crippen molar-refractivity contribution >= 4 is 34.6 Å². The van der Waals surface area contributed by atoms with Gasteiger partial charge in [-0.25, -0.2) is 4.98 Å². The summed E-state index contributed by atoms with van der Waals surface area (Å²) >= 11 is 12.3. The predicted molar refractivity (Wildman–Crippen MR) is 97.6 cm³/mol. The molecule has 2 N–H and O–H groups in total. The lowest BCUT2D eigenvalue weighted by molar-refractivity contribution is 0.0926. The van der Waals surface area contributed by atoms with Crippen LogP contribution in [0.2, 0.25) is 10.0 Å². The van der Waals surface area contributed by atoms with E-state index in [1.54, 1.807) is 35.0 Å². The second-order valence-corrected chi connectivity index (χ2v) is 6.90. The van der Waals surface area contributed by atoms with E-state index in [0.29, 0.717) is 34.0 Å². The van der Waals surface area contributed by atoms with Crippen LogP contribution in [0.4, 0.5) is 0 Å². The van der Waals surface area contributed by atoms with Crippen LogP contribution in [-0.2, 0) is 0 Å². The summed E-state index contributed by atoms with van der Waals surface area (Å²) in [7, 11) is 0. The Morgan fingerprint density at radius 3 is 2.92 bits per heavy atom. The van der Waals surface area contributed by atoms with Gasteiger partial charge in [-0.15, -0.1) is 0 Å². The average Bonchev–Trinajstić information content (AvgIpc) is 3.27. The molecule has 4 rings (SSSR count). The molecule has 0 amide bonds. The third-order valence-electron chi connectivity index (χ3n) is 4.51. The Balaban J connectivity index is 1.76. The largest absolute Gasteiger partial charge is 0.507 e. The SMILES string of the molecule is O=C(c1cn2ccc(-c3c(O)ccc(Cl)c3Cl)cc2n1)C1CCNC1. The van der Waals surface area contributed by atoms with E-state index in [2.05, 4.69) is 10.3 Å². The highest BCUT2D eigenvalue weighted by Gasteiger charge is 2.25. The highest BCUT2D eigenvalue weighted by Crippen LogP contribution is 2.40. The van der Waals surface area contributed by atoms with Crippen LogP contribution in [0.3, 0.4) is 0 Å². The minimum Gasteiger partial charge on any atom is -0.507 e. The second-order valence-electron chi connectivity index (χ2n) is 6.12.